The Bertz CT molecular complexity index is 2460. The number of unbranched alkanes of at least 4 members (excludes halogenated alkanes) is 44. The molecule has 3 rings (SSSR count). The molecule has 1 saturated carbocycles. The minimum Gasteiger partial charge on any atom is -0.463 e. The summed E-state index contributed by atoms with van der Waals surface area (Å²) in [5.41, 5.74) is 0. The van der Waals surface area contributed by atoms with E-state index in [0.29, 0.717) is 38.5 Å². The number of phosphoric ester groups is 1. The first-order chi connectivity index (χ1) is 54.7. The molecule has 2 heterocycles. The number of carbonyl (C=O) groups is 4. The summed E-state index contributed by atoms with van der Waals surface area (Å²) in [7, 11) is -5.81. The Hall–Kier alpha value is -3.05. The molecule has 113 heavy (non-hydrogen) atoms. The molecule has 10 N–H and O–H groups in total. The fourth-order valence-corrected chi connectivity index (χ4v) is 15.7. The van der Waals surface area contributed by atoms with E-state index in [9.17, 15) is 74.6 Å². The highest BCUT2D eigenvalue weighted by Crippen LogP contribution is 2.49. The zero-order chi connectivity index (χ0) is 82.5. The molecule has 0 spiro atoms. The number of carbonyl (C=O) groups excluding carboxylic acids is 4. The van der Waals surface area contributed by atoms with Gasteiger partial charge >= 0.3 is 31.7 Å². The normalized spacial score (nSPS) is 25.6. The fraction of sp³-hybridized carbons (Fsp3) is 0.908. The number of hydrogen-bond acceptors (Lipinski definition) is 24. The highest BCUT2D eigenvalue weighted by molar-refractivity contribution is 7.47. The van der Waals surface area contributed by atoms with Crippen LogP contribution in [-0.4, -0.2) is 205 Å². The van der Waals surface area contributed by atoms with Crippen molar-refractivity contribution in [1.82, 2.24) is 0 Å². The van der Waals surface area contributed by atoms with Gasteiger partial charge in [0, 0.05) is 25.7 Å². The maximum Gasteiger partial charge on any atom is 0.472 e. The van der Waals surface area contributed by atoms with Gasteiger partial charge in [-0.2, -0.15) is 0 Å². The predicted octanol–water partition coefficient (Wildman–Crippen LogP) is 15.8. The van der Waals surface area contributed by atoms with Crippen molar-refractivity contribution in [1.29, 1.82) is 0 Å². The van der Waals surface area contributed by atoms with Gasteiger partial charge in [0.15, 0.2) is 24.8 Å². The molecule has 0 aromatic carbocycles. The molecule has 3 aliphatic rings. The topological polar surface area (TPSA) is 380 Å². The van der Waals surface area contributed by atoms with Crippen LogP contribution in [0.15, 0.2) is 24.3 Å². The molecule has 0 radical (unpaired) electrons. The van der Waals surface area contributed by atoms with Gasteiger partial charge in [-0.1, -0.05) is 296 Å². The summed E-state index contributed by atoms with van der Waals surface area (Å²) in [5, 5.41) is 102. The molecule has 662 valence electrons. The van der Waals surface area contributed by atoms with Gasteiger partial charge < -0.3 is 88.7 Å². The first kappa shape index (κ1) is 104. The van der Waals surface area contributed by atoms with Gasteiger partial charge in [-0.25, -0.2) is 4.57 Å². The molecule has 26 heteroatoms. The largest absolute Gasteiger partial charge is 0.472 e. The average molecular weight is 1640 g/mol. The van der Waals surface area contributed by atoms with Gasteiger partial charge in [0.1, 0.15) is 92.6 Å². The third-order valence-corrected chi connectivity index (χ3v) is 22.9. The number of allylic oxidation sites excluding steroid dienone is 4. The number of aliphatic hydroxyl groups is 9. The molecular weight excluding hydrogens is 1480 g/mol. The van der Waals surface area contributed by atoms with Crippen LogP contribution >= 0.6 is 7.82 Å². The molecule has 0 amide bonds. The van der Waals surface area contributed by atoms with Crippen LogP contribution in [-0.2, 0) is 70.7 Å². The van der Waals surface area contributed by atoms with E-state index in [4.69, 9.17) is 46.9 Å². The second kappa shape index (κ2) is 66.7. The van der Waals surface area contributed by atoms with Crippen molar-refractivity contribution in [3.8, 4) is 0 Å². The van der Waals surface area contributed by atoms with Crippen LogP contribution in [0.4, 0.5) is 0 Å². The maximum atomic E-state index is 14.9. The zero-order valence-electron chi connectivity index (χ0n) is 70.2. The van der Waals surface area contributed by atoms with Gasteiger partial charge in [-0.05, 0) is 77.0 Å². The van der Waals surface area contributed by atoms with E-state index in [-0.39, 0.29) is 25.7 Å². The van der Waals surface area contributed by atoms with Gasteiger partial charge in [-0.15, -0.1) is 0 Å². The average Bonchev–Trinajstić information content (AvgIpc) is 0.758. The van der Waals surface area contributed by atoms with Crippen molar-refractivity contribution in [3.63, 3.8) is 0 Å². The molecule has 25 nitrogen and oxygen atoms in total. The van der Waals surface area contributed by atoms with E-state index in [1.807, 2.05) is 0 Å². The molecule has 2 aliphatic heterocycles. The van der Waals surface area contributed by atoms with E-state index < -0.39 is 162 Å². The summed E-state index contributed by atoms with van der Waals surface area (Å²) in [6, 6.07) is 0. The Morgan fingerprint density at radius 2 is 0.664 bits per heavy atom. The van der Waals surface area contributed by atoms with Crippen LogP contribution in [0, 0.1) is 0 Å². The Balaban J connectivity index is 1.94. The SMILES string of the molecule is CCCCCCCC/C=C\CCCCCC(=O)OCC(COP(=O)(O)OC1C(OC2OC(CO)C(O)C(O)C2O)C(O)C(O)C(OC(=O)CCCCCCCCCCCCCCC)C1OC1OC(COC(=O)CCCCC/C=C\CCCCCCCC)C(O)C(O)C1O)OC(=O)CCCCCCCCCCCCCCCCC. The lowest BCUT2D eigenvalue weighted by atomic mass is 9.84. The van der Waals surface area contributed by atoms with E-state index >= 15 is 0 Å². The molecule has 0 aromatic rings. The third kappa shape index (κ3) is 47.5. The highest BCUT2D eigenvalue weighted by Gasteiger charge is 2.60. The van der Waals surface area contributed by atoms with E-state index in [1.165, 1.54) is 161 Å². The smallest absolute Gasteiger partial charge is 0.463 e. The fourth-order valence-electron chi connectivity index (χ4n) is 14.7. The lowest BCUT2D eigenvalue weighted by Gasteiger charge is -2.50. The van der Waals surface area contributed by atoms with Crippen molar-refractivity contribution >= 4 is 31.7 Å². The number of hydrogen-bond donors (Lipinski definition) is 10. The Morgan fingerprint density at radius 3 is 1.06 bits per heavy atom. The van der Waals surface area contributed by atoms with Gasteiger partial charge in [0.05, 0.1) is 13.2 Å². The second-order valence-corrected chi connectivity index (χ2v) is 33.5. The van der Waals surface area contributed by atoms with Crippen molar-refractivity contribution in [2.45, 2.75) is 479 Å². The maximum absolute atomic E-state index is 14.9. The molecule has 0 aromatic heterocycles. The summed E-state index contributed by atoms with van der Waals surface area (Å²) in [5.74, 6) is -3.00. The second-order valence-electron chi connectivity index (χ2n) is 32.1. The van der Waals surface area contributed by atoms with Gasteiger partial charge in [0.2, 0.25) is 0 Å². The first-order valence-corrected chi connectivity index (χ1v) is 46.6. The first-order valence-electron chi connectivity index (χ1n) is 45.1. The van der Waals surface area contributed by atoms with Gasteiger partial charge in [0.25, 0.3) is 0 Å². The number of aliphatic hydroxyl groups excluding tert-OH is 9. The summed E-state index contributed by atoms with van der Waals surface area (Å²) >= 11 is 0. The number of esters is 4. The molecular formula is C87H159O25P. The molecule has 3 fully saturated rings. The van der Waals surface area contributed by atoms with Crippen LogP contribution < -0.4 is 0 Å². The summed E-state index contributed by atoms with van der Waals surface area (Å²) in [4.78, 5) is 66.3. The Morgan fingerprint density at radius 1 is 0.345 bits per heavy atom. The van der Waals surface area contributed by atoms with Crippen molar-refractivity contribution < 1.29 is 122 Å². The predicted molar refractivity (Wildman–Crippen MR) is 435 cm³/mol. The number of phosphoric acid groups is 1. The Kier molecular flexibility index (Phi) is 61.5. The van der Waals surface area contributed by atoms with E-state index in [0.717, 1.165) is 122 Å². The minimum absolute atomic E-state index is 0.00602. The molecule has 18 unspecified atom stereocenters. The van der Waals surface area contributed by atoms with Crippen LogP contribution in [0.5, 0.6) is 0 Å². The van der Waals surface area contributed by atoms with E-state index in [1.54, 1.807) is 0 Å². The molecule has 2 saturated heterocycles. The number of rotatable bonds is 72. The highest BCUT2D eigenvalue weighted by atomic mass is 31.2. The van der Waals surface area contributed by atoms with Crippen molar-refractivity contribution in [3.05, 3.63) is 24.3 Å². The Labute approximate surface area is 679 Å². The molecule has 0 bridgehead atoms. The van der Waals surface area contributed by atoms with Crippen LogP contribution in [0.1, 0.15) is 374 Å². The van der Waals surface area contributed by atoms with Gasteiger partial charge in [-0.3, -0.25) is 28.2 Å². The van der Waals surface area contributed by atoms with Crippen molar-refractivity contribution in [2.24, 2.45) is 0 Å². The summed E-state index contributed by atoms with van der Waals surface area (Å²) in [6.07, 6.45) is 24.9. The lowest BCUT2D eigenvalue weighted by molar-refractivity contribution is -0.360. The monoisotopic (exact) mass is 1640 g/mol. The number of ether oxygens (including phenoxy) is 8. The van der Waals surface area contributed by atoms with Crippen LogP contribution in [0.3, 0.4) is 0 Å². The standard InChI is InChI=1S/C87H159O25P/c1-5-9-13-17-21-25-29-33-34-38-42-45-49-53-57-61-72(91)106-67(64-103-70(89)59-55-51-47-43-39-35-30-26-22-18-14-10-6-2)65-105-113(101,102)112-85-83(110-86-80(99)76(95)74(93)68(63-88)107-86)79(98)78(97)82(109-73(92)62-58-54-50-46-41-37-32-28-24-20-16-12-8-4)84(85)111-87-81(100)77(96)75(94)69(108-87)66-104-71(90)60-56-52-48-44-40-36-31-27-23-19-15-11-7-3/h35-36,39-40,67-69,74-88,93-100H,5-34,37-38,41-66H2,1-4H3,(H,101,102)/b39-35-,40-36-. The molecule has 18 atom stereocenters. The van der Waals surface area contributed by atoms with E-state index in [2.05, 4.69) is 52.0 Å². The minimum atomic E-state index is -5.81. The summed E-state index contributed by atoms with van der Waals surface area (Å²) < 4.78 is 73.2. The van der Waals surface area contributed by atoms with Crippen LogP contribution in [0.25, 0.3) is 0 Å². The quantitative estimate of drug-likeness (QED) is 0.00889. The molecule has 1 aliphatic carbocycles. The van der Waals surface area contributed by atoms with Crippen LogP contribution in [0.2, 0.25) is 0 Å². The lowest BCUT2D eigenvalue weighted by Crippen LogP contribution is -2.70. The van der Waals surface area contributed by atoms with Crippen molar-refractivity contribution in [2.75, 3.05) is 26.4 Å². The summed E-state index contributed by atoms with van der Waals surface area (Å²) in [6.45, 7) is 5.53. The third-order valence-electron chi connectivity index (χ3n) is 21.9. The zero-order valence-corrected chi connectivity index (χ0v) is 71.1.